The van der Waals surface area contributed by atoms with E-state index in [1.54, 1.807) is 6.20 Å². The fourth-order valence-electron chi connectivity index (χ4n) is 5.50. The molecule has 2 unspecified atom stereocenters. The Morgan fingerprint density at radius 3 is 2.55 bits per heavy atom. The Balaban J connectivity index is 1.13. The molecule has 40 heavy (non-hydrogen) atoms. The number of benzene rings is 2. The number of nitrogens with zero attached hydrogens (tertiary/aromatic N) is 4. The summed E-state index contributed by atoms with van der Waals surface area (Å²) in [5, 5.41) is 6.79. The van der Waals surface area contributed by atoms with Gasteiger partial charge in [0.15, 0.2) is 5.96 Å². The summed E-state index contributed by atoms with van der Waals surface area (Å²) in [6.45, 7) is 3.75. The van der Waals surface area contributed by atoms with Gasteiger partial charge in [-0.1, -0.05) is 36.4 Å². The standard InChI is InChI=1S/C29H33N9O2/c30-28(31)33-11-1-10-32-13-18-2-4-19(5-3-18)24-16-37-17-25(35-29(37)36-26(24)39)20-6-8-21(9-7-20)27(40)38-15-22-12-23(38)14-34-22/h2-9,16-17,22-23,32,34H,1,10-15H2,(H4,30,31,33)(H,35,36,39). The van der Waals surface area contributed by atoms with E-state index in [9.17, 15) is 9.59 Å². The molecular weight excluding hydrogens is 506 g/mol. The van der Waals surface area contributed by atoms with Gasteiger partial charge in [0, 0.05) is 61.8 Å². The van der Waals surface area contributed by atoms with Crippen LogP contribution < -0.4 is 27.7 Å². The SMILES string of the molecule is NC(N)=NCCCNCc1ccc(-c2cn3cc(-c4ccc(C(=O)N5CC6CC5CN6)cc4)nc3[nH]c2=O)cc1. The lowest BCUT2D eigenvalue weighted by molar-refractivity contribution is 0.0716. The van der Waals surface area contributed by atoms with Crippen LogP contribution in [0.2, 0.25) is 0 Å². The van der Waals surface area contributed by atoms with Gasteiger partial charge >= 0.3 is 0 Å². The van der Waals surface area contributed by atoms with E-state index in [0.29, 0.717) is 42.1 Å². The molecule has 2 saturated heterocycles. The molecule has 11 heteroatoms. The van der Waals surface area contributed by atoms with Crippen molar-refractivity contribution >= 4 is 17.6 Å². The third-order valence-corrected chi connectivity index (χ3v) is 7.62. The van der Waals surface area contributed by atoms with Crippen molar-refractivity contribution in [2.45, 2.75) is 31.5 Å². The highest BCUT2D eigenvalue weighted by atomic mass is 16.2. The van der Waals surface area contributed by atoms with E-state index in [1.807, 2.05) is 64.0 Å². The van der Waals surface area contributed by atoms with Crippen LogP contribution in [-0.4, -0.2) is 69.4 Å². The van der Waals surface area contributed by atoms with Gasteiger partial charge in [-0.3, -0.25) is 24.0 Å². The van der Waals surface area contributed by atoms with Crippen LogP contribution in [0.25, 0.3) is 28.2 Å². The number of aliphatic imine (C=N–C) groups is 1. The number of carbonyl (C=O) groups is 1. The van der Waals surface area contributed by atoms with Gasteiger partial charge in [0.25, 0.3) is 11.5 Å². The predicted molar refractivity (Wildman–Crippen MR) is 155 cm³/mol. The van der Waals surface area contributed by atoms with Crippen molar-refractivity contribution < 1.29 is 4.79 Å². The topological polar surface area (TPSA) is 159 Å². The normalized spacial score (nSPS) is 17.9. The molecule has 2 aromatic carbocycles. The number of aromatic amines is 1. The molecule has 2 aromatic heterocycles. The Bertz CT molecular complexity index is 1600. The van der Waals surface area contributed by atoms with Crippen molar-refractivity contribution in [1.82, 2.24) is 29.9 Å². The Morgan fingerprint density at radius 2 is 1.85 bits per heavy atom. The minimum atomic E-state index is -0.203. The summed E-state index contributed by atoms with van der Waals surface area (Å²) in [5.74, 6) is 0.653. The number of hydrogen-bond donors (Lipinski definition) is 5. The molecule has 2 aliphatic rings. The van der Waals surface area contributed by atoms with Crippen LogP contribution in [0.15, 0.2) is 70.7 Å². The minimum Gasteiger partial charge on any atom is -0.370 e. The number of aromatic nitrogens is 3. The lowest BCUT2D eigenvalue weighted by Gasteiger charge is -2.27. The van der Waals surface area contributed by atoms with Crippen LogP contribution >= 0.6 is 0 Å². The second kappa shape index (κ2) is 10.9. The molecule has 0 aliphatic carbocycles. The second-order valence-electron chi connectivity index (χ2n) is 10.4. The van der Waals surface area contributed by atoms with Crippen LogP contribution in [-0.2, 0) is 6.54 Å². The second-order valence-corrected chi connectivity index (χ2v) is 10.4. The monoisotopic (exact) mass is 539 g/mol. The molecule has 4 heterocycles. The number of nitrogens with two attached hydrogens (primary N) is 2. The van der Waals surface area contributed by atoms with Crippen molar-refractivity contribution in [2.24, 2.45) is 16.5 Å². The molecule has 2 bridgehead atoms. The van der Waals surface area contributed by atoms with Gasteiger partial charge < -0.3 is 27.0 Å². The predicted octanol–water partition coefficient (Wildman–Crippen LogP) is 1.30. The molecule has 7 N–H and O–H groups in total. The van der Waals surface area contributed by atoms with E-state index in [0.717, 1.165) is 54.9 Å². The number of imidazole rings is 1. The van der Waals surface area contributed by atoms with Crippen molar-refractivity contribution in [3.05, 3.63) is 82.4 Å². The van der Waals surface area contributed by atoms with Crippen molar-refractivity contribution in [3.63, 3.8) is 0 Å². The molecule has 2 aliphatic heterocycles. The fourth-order valence-corrected chi connectivity index (χ4v) is 5.50. The van der Waals surface area contributed by atoms with Crippen molar-refractivity contribution in [3.8, 4) is 22.4 Å². The molecule has 4 aromatic rings. The highest BCUT2D eigenvalue weighted by Gasteiger charge is 2.40. The number of fused-ring (bicyclic) bond motifs is 3. The van der Waals surface area contributed by atoms with Gasteiger partial charge in [0.1, 0.15) is 0 Å². The summed E-state index contributed by atoms with van der Waals surface area (Å²) in [5.41, 5.74) is 15.2. The van der Waals surface area contributed by atoms with Crippen molar-refractivity contribution in [1.29, 1.82) is 0 Å². The van der Waals surface area contributed by atoms with Gasteiger partial charge in [0.2, 0.25) is 5.78 Å². The third kappa shape index (κ3) is 5.33. The first-order valence-corrected chi connectivity index (χ1v) is 13.6. The molecule has 6 rings (SSSR count). The number of amides is 1. The van der Waals surface area contributed by atoms with Gasteiger partial charge in [-0.05, 0) is 42.6 Å². The zero-order valence-electron chi connectivity index (χ0n) is 22.1. The maximum absolute atomic E-state index is 13.0. The summed E-state index contributed by atoms with van der Waals surface area (Å²) < 4.78 is 1.82. The fraction of sp³-hybridized carbons (Fsp3) is 0.310. The first kappa shape index (κ1) is 25.8. The summed E-state index contributed by atoms with van der Waals surface area (Å²) in [4.78, 5) is 39.3. The molecule has 2 fully saturated rings. The molecule has 0 spiro atoms. The first-order chi connectivity index (χ1) is 19.4. The van der Waals surface area contributed by atoms with Gasteiger partial charge in [-0.15, -0.1) is 0 Å². The first-order valence-electron chi connectivity index (χ1n) is 13.6. The highest BCUT2D eigenvalue weighted by Crippen LogP contribution is 2.26. The minimum absolute atomic E-state index is 0.0779. The Morgan fingerprint density at radius 1 is 1.07 bits per heavy atom. The average Bonchev–Trinajstić information content (AvgIpc) is 3.70. The number of nitrogens with one attached hydrogen (secondary N) is 3. The van der Waals surface area contributed by atoms with Crippen LogP contribution in [0.4, 0.5) is 0 Å². The molecule has 206 valence electrons. The lowest BCUT2D eigenvalue weighted by atomic mass is 10.1. The summed E-state index contributed by atoms with van der Waals surface area (Å²) in [6.07, 6.45) is 5.57. The molecule has 2 atom stereocenters. The summed E-state index contributed by atoms with van der Waals surface area (Å²) >= 11 is 0. The van der Waals surface area contributed by atoms with Gasteiger partial charge in [-0.2, -0.15) is 0 Å². The van der Waals surface area contributed by atoms with Crippen molar-refractivity contribution in [2.75, 3.05) is 26.2 Å². The maximum Gasteiger partial charge on any atom is 0.260 e. The van der Waals surface area contributed by atoms with Crippen LogP contribution in [0, 0.1) is 0 Å². The molecular formula is C29H33N9O2. The Hall–Kier alpha value is -4.48. The maximum atomic E-state index is 13.0. The van der Waals surface area contributed by atoms with Crippen LogP contribution in [0.1, 0.15) is 28.8 Å². The number of hydrogen-bond acceptors (Lipinski definition) is 6. The van der Waals surface area contributed by atoms with Crippen LogP contribution in [0.3, 0.4) is 0 Å². The van der Waals surface area contributed by atoms with E-state index in [-0.39, 0.29) is 17.4 Å². The largest absolute Gasteiger partial charge is 0.370 e. The van der Waals surface area contributed by atoms with Gasteiger partial charge in [-0.25, -0.2) is 4.98 Å². The molecule has 11 nitrogen and oxygen atoms in total. The molecule has 0 radical (unpaired) electrons. The zero-order valence-corrected chi connectivity index (χ0v) is 22.1. The third-order valence-electron chi connectivity index (χ3n) is 7.62. The summed E-state index contributed by atoms with van der Waals surface area (Å²) in [7, 11) is 0. The Kier molecular flexibility index (Phi) is 7.06. The van der Waals surface area contributed by atoms with E-state index < -0.39 is 0 Å². The van der Waals surface area contributed by atoms with E-state index in [1.165, 1.54) is 0 Å². The van der Waals surface area contributed by atoms with E-state index in [4.69, 9.17) is 11.5 Å². The smallest absolute Gasteiger partial charge is 0.260 e. The lowest BCUT2D eigenvalue weighted by Crippen LogP contribution is -2.46. The number of guanidine groups is 1. The number of carbonyl (C=O) groups excluding carboxylic acids is 1. The zero-order chi connectivity index (χ0) is 27.6. The van der Waals surface area contributed by atoms with Crippen LogP contribution in [0.5, 0.6) is 0 Å². The quantitative estimate of drug-likeness (QED) is 0.122. The number of likely N-dealkylation sites (tertiary alicyclic amines) is 1. The van der Waals surface area contributed by atoms with E-state index in [2.05, 4.69) is 25.6 Å². The molecule has 1 amide bonds. The number of H-pyrrole nitrogens is 1. The summed E-state index contributed by atoms with van der Waals surface area (Å²) in [6, 6.07) is 16.2. The highest BCUT2D eigenvalue weighted by molar-refractivity contribution is 5.95. The van der Waals surface area contributed by atoms with E-state index >= 15 is 0 Å². The average molecular weight is 540 g/mol. The number of piperazine rings is 1. The van der Waals surface area contributed by atoms with Gasteiger partial charge in [0.05, 0.1) is 11.3 Å². The Labute approximate surface area is 231 Å². The molecule has 0 saturated carbocycles. The number of rotatable bonds is 9.